The molecule has 0 aliphatic carbocycles. The third-order valence-electron chi connectivity index (χ3n) is 3.15. The van der Waals surface area contributed by atoms with Gasteiger partial charge in [0.25, 0.3) is 0 Å². The summed E-state index contributed by atoms with van der Waals surface area (Å²) in [5.41, 5.74) is 1.27. The summed E-state index contributed by atoms with van der Waals surface area (Å²) in [6.45, 7) is 8.27. The molecule has 3 heteroatoms. The average molecular weight is 265 g/mol. The summed E-state index contributed by atoms with van der Waals surface area (Å²) in [5.74, 6) is 1.29. The predicted octanol–water partition coefficient (Wildman–Crippen LogP) is 2.92. The predicted molar refractivity (Wildman–Crippen MR) is 79.4 cm³/mol. The molecule has 0 aliphatic heterocycles. The number of hydrogen-bond acceptors (Lipinski definition) is 3. The van der Waals surface area contributed by atoms with E-state index in [2.05, 4.69) is 31.0 Å². The molecule has 0 aromatic heterocycles. The first kappa shape index (κ1) is 16.0. The van der Waals surface area contributed by atoms with Crippen LogP contribution in [0.15, 0.2) is 24.3 Å². The summed E-state index contributed by atoms with van der Waals surface area (Å²) < 4.78 is 5.63. The SMILES string of the molecule is CCC(CO)CN(C)Cc1ccc(OC(C)C)cc1. The Morgan fingerprint density at radius 2 is 1.84 bits per heavy atom. The molecule has 0 saturated heterocycles. The molecule has 0 radical (unpaired) electrons. The summed E-state index contributed by atoms with van der Waals surface area (Å²) in [4.78, 5) is 2.25. The average Bonchev–Trinajstić information content (AvgIpc) is 2.37. The molecular weight excluding hydrogens is 238 g/mol. The molecule has 1 N–H and O–H groups in total. The van der Waals surface area contributed by atoms with Crippen LogP contribution in [0.25, 0.3) is 0 Å². The van der Waals surface area contributed by atoms with Gasteiger partial charge in [-0.2, -0.15) is 0 Å². The Morgan fingerprint density at radius 3 is 2.32 bits per heavy atom. The van der Waals surface area contributed by atoms with E-state index in [1.54, 1.807) is 0 Å². The van der Waals surface area contributed by atoms with Crippen molar-refractivity contribution in [1.82, 2.24) is 4.90 Å². The van der Waals surface area contributed by atoms with Crippen LogP contribution in [0.3, 0.4) is 0 Å². The molecule has 0 aliphatic rings. The molecule has 19 heavy (non-hydrogen) atoms. The summed E-state index contributed by atoms with van der Waals surface area (Å²) in [5, 5.41) is 9.22. The summed E-state index contributed by atoms with van der Waals surface area (Å²) in [7, 11) is 2.09. The molecule has 1 rings (SSSR count). The van der Waals surface area contributed by atoms with Crippen LogP contribution >= 0.6 is 0 Å². The third-order valence-corrected chi connectivity index (χ3v) is 3.15. The van der Waals surface area contributed by atoms with Gasteiger partial charge >= 0.3 is 0 Å². The number of aliphatic hydroxyl groups is 1. The monoisotopic (exact) mass is 265 g/mol. The molecular formula is C16H27NO2. The van der Waals surface area contributed by atoms with Gasteiger partial charge in [-0.3, -0.25) is 0 Å². The van der Waals surface area contributed by atoms with Crippen LogP contribution in [-0.4, -0.2) is 36.3 Å². The number of ether oxygens (including phenoxy) is 1. The second-order valence-corrected chi connectivity index (χ2v) is 5.46. The number of hydrogen-bond donors (Lipinski definition) is 1. The standard InChI is InChI=1S/C16H27NO2/c1-5-14(12-18)10-17(4)11-15-6-8-16(9-7-15)19-13(2)3/h6-9,13-14,18H,5,10-12H2,1-4H3. The lowest BCUT2D eigenvalue weighted by Crippen LogP contribution is -2.26. The molecule has 0 spiro atoms. The van der Waals surface area contributed by atoms with Gasteiger partial charge in [-0.25, -0.2) is 0 Å². The second-order valence-electron chi connectivity index (χ2n) is 5.46. The number of benzene rings is 1. The molecule has 0 fully saturated rings. The van der Waals surface area contributed by atoms with E-state index in [9.17, 15) is 5.11 Å². The highest BCUT2D eigenvalue weighted by atomic mass is 16.5. The summed E-state index contributed by atoms with van der Waals surface area (Å²) in [6.07, 6.45) is 1.23. The van der Waals surface area contributed by atoms with Gasteiger partial charge in [-0.1, -0.05) is 19.1 Å². The smallest absolute Gasteiger partial charge is 0.119 e. The maximum atomic E-state index is 9.22. The first-order valence-corrected chi connectivity index (χ1v) is 7.10. The zero-order chi connectivity index (χ0) is 14.3. The lowest BCUT2D eigenvalue weighted by molar-refractivity contribution is 0.173. The van der Waals surface area contributed by atoms with E-state index in [0.717, 1.165) is 25.3 Å². The van der Waals surface area contributed by atoms with Gasteiger partial charge < -0.3 is 14.7 Å². The van der Waals surface area contributed by atoms with Crippen molar-refractivity contribution in [3.63, 3.8) is 0 Å². The quantitative estimate of drug-likeness (QED) is 0.784. The minimum absolute atomic E-state index is 0.211. The van der Waals surface area contributed by atoms with Gasteiger partial charge in [0, 0.05) is 19.7 Å². The van der Waals surface area contributed by atoms with Crippen molar-refractivity contribution in [2.75, 3.05) is 20.2 Å². The largest absolute Gasteiger partial charge is 0.491 e. The second kappa shape index (κ2) is 8.18. The molecule has 3 nitrogen and oxygen atoms in total. The minimum atomic E-state index is 0.211. The summed E-state index contributed by atoms with van der Waals surface area (Å²) in [6, 6.07) is 8.25. The van der Waals surface area contributed by atoms with Gasteiger partial charge in [0.1, 0.15) is 5.75 Å². The Morgan fingerprint density at radius 1 is 1.21 bits per heavy atom. The fraction of sp³-hybridized carbons (Fsp3) is 0.625. The van der Waals surface area contributed by atoms with E-state index in [4.69, 9.17) is 4.74 Å². The Labute approximate surface area is 117 Å². The van der Waals surface area contributed by atoms with Crippen molar-refractivity contribution in [3.05, 3.63) is 29.8 Å². The first-order valence-electron chi connectivity index (χ1n) is 7.10. The lowest BCUT2D eigenvalue weighted by Gasteiger charge is -2.22. The topological polar surface area (TPSA) is 32.7 Å². The van der Waals surface area contributed by atoms with E-state index in [0.29, 0.717) is 5.92 Å². The molecule has 1 aromatic carbocycles. The van der Waals surface area contributed by atoms with E-state index in [1.807, 2.05) is 26.0 Å². The van der Waals surface area contributed by atoms with E-state index in [-0.39, 0.29) is 12.7 Å². The first-order chi connectivity index (χ1) is 9.05. The number of aliphatic hydroxyl groups excluding tert-OH is 1. The van der Waals surface area contributed by atoms with Crippen molar-refractivity contribution in [1.29, 1.82) is 0 Å². The molecule has 0 amide bonds. The van der Waals surface area contributed by atoms with Gasteiger partial charge in [0.05, 0.1) is 6.10 Å². The fourth-order valence-corrected chi connectivity index (χ4v) is 2.08. The third kappa shape index (κ3) is 6.08. The maximum absolute atomic E-state index is 9.22. The lowest BCUT2D eigenvalue weighted by atomic mass is 10.1. The fourth-order valence-electron chi connectivity index (χ4n) is 2.08. The molecule has 0 bridgehead atoms. The Kier molecular flexibility index (Phi) is 6.89. The van der Waals surface area contributed by atoms with Crippen LogP contribution in [0.4, 0.5) is 0 Å². The Balaban J connectivity index is 2.48. The highest BCUT2D eigenvalue weighted by Crippen LogP contribution is 2.15. The van der Waals surface area contributed by atoms with Crippen molar-refractivity contribution >= 4 is 0 Å². The van der Waals surface area contributed by atoms with Crippen LogP contribution in [0.2, 0.25) is 0 Å². The van der Waals surface area contributed by atoms with Gasteiger partial charge in [-0.15, -0.1) is 0 Å². The van der Waals surface area contributed by atoms with E-state index in [1.165, 1.54) is 5.56 Å². The normalized spacial score (nSPS) is 13.0. The summed E-state index contributed by atoms with van der Waals surface area (Å²) >= 11 is 0. The Bertz CT molecular complexity index is 344. The van der Waals surface area contributed by atoms with Crippen LogP contribution in [0, 0.1) is 5.92 Å². The highest BCUT2D eigenvalue weighted by Gasteiger charge is 2.09. The molecule has 0 saturated carbocycles. The molecule has 0 heterocycles. The molecule has 1 aromatic rings. The van der Waals surface area contributed by atoms with Crippen LogP contribution in [-0.2, 0) is 6.54 Å². The Hall–Kier alpha value is -1.06. The van der Waals surface area contributed by atoms with Crippen molar-refractivity contribution in [3.8, 4) is 5.75 Å². The van der Waals surface area contributed by atoms with Gasteiger partial charge in [0.2, 0.25) is 0 Å². The maximum Gasteiger partial charge on any atom is 0.119 e. The number of rotatable bonds is 8. The zero-order valence-electron chi connectivity index (χ0n) is 12.6. The number of nitrogens with zero attached hydrogens (tertiary/aromatic N) is 1. The van der Waals surface area contributed by atoms with Gasteiger partial charge in [-0.05, 0) is 50.9 Å². The van der Waals surface area contributed by atoms with Crippen LogP contribution < -0.4 is 4.74 Å². The van der Waals surface area contributed by atoms with E-state index >= 15 is 0 Å². The molecule has 1 atom stereocenters. The molecule has 108 valence electrons. The van der Waals surface area contributed by atoms with Crippen LogP contribution in [0.1, 0.15) is 32.8 Å². The minimum Gasteiger partial charge on any atom is -0.491 e. The van der Waals surface area contributed by atoms with Gasteiger partial charge in [0.15, 0.2) is 0 Å². The van der Waals surface area contributed by atoms with Crippen LogP contribution in [0.5, 0.6) is 5.75 Å². The van der Waals surface area contributed by atoms with E-state index < -0.39 is 0 Å². The van der Waals surface area contributed by atoms with Crippen molar-refractivity contribution < 1.29 is 9.84 Å². The molecule has 1 unspecified atom stereocenters. The van der Waals surface area contributed by atoms with Crippen molar-refractivity contribution in [2.24, 2.45) is 5.92 Å². The zero-order valence-corrected chi connectivity index (χ0v) is 12.6. The van der Waals surface area contributed by atoms with Crippen molar-refractivity contribution in [2.45, 2.75) is 39.8 Å². The highest BCUT2D eigenvalue weighted by molar-refractivity contribution is 5.27.